The molecule has 0 radical (unpaired) electrons. The van der Waals surface area contributed by atoms with Crippen LogP contribution in [0.2, 0.25) is 5.28 Å². The maximum Gasteiger partial charge on any atom is 0.225 e. The molecule has 2 heterocycles. The summed E-state index contributed by atoms with van der Waals surface area (Å²) in [5, 5.41) is 14.8. The summed E-state index contributed by atoms with van der Waals surface area (Å²) in [6, 6.07) is 8.47. The van der Waals surface area contributed by atoms with Crippen LogP contribution in [0.25, 0.3) is 10.9 Å². The van der Waals surface area contributed by atoms with Crippen molar-refractivity contribution in [3.05, 3.63) is 46.9 Å². The van der Waals surface area contributed by atoms with Gasteiger partial charge >= 0.3 is 0 Å². The Hall–Kier alpha value is -2.27. The van der Waals surface area contributed by atoms with Gasteiger partial charge in [0.25, 0.3) is 0 Å². The van der Waals surface area contributed by atoms with Crippen LogP contribution in [-0.2, 0) is 6.42 Å². The fourth-order valence-corrected chi connectivity index (χ4v) is 3.36. The molecule has 5 nitrogen and oxygen atoms in total. The number of aryl methyl sites for hydroxylation is 1. The molecule has 0 saturated carbocycles. The van der Waals surface area contributed by atoms with Crippen LogP contribution in [0.5, 0.6) is 5.88 Å². The Kier molecular flexibility index (Phi) is 4.84. The number of halogens is 1. The van der Waals surface area contributed by atoms with Crippen LogP contribution < -0.4 is 5.32 Å². The minimum atomic E-state index is -0.258. The molecule has 0 aliphatic rings. The maximum atomic E-state index is 10.5. The fraction of sp³-hybridized carbons (Fsp3) is 0.400. The van der Waals surface area contributed by atoms with Crippen molar-refractivity contribution >= 4 is 28.3 Å². The Labute approximate surface area is 159 Å². The van der Waals surface area contributed by atoms with E-state index in [-0.39, 0.29) is 22.7 Å². The lowest BCUT2D eigenvalue weighted by Crippen LogP contribution is -2.34. The lowest BCUT2D eigenvalue weighted by molar-refractivity contribution is 0.404. The van der Waals surface area contributed by atoms with Crippen molar-refractivity contribution in [3.8, 4) is 5.88 Å². The van der Waals surface area contributed by atoms with Gasteiger partial charge < -0.3 is 15.0 Å². The number of nitrogens with one attached hydrogen (secondary N) is 1. The zero-order chi connectivity index (χ0) is 19.1. The molecule has 2 aromatic heterocycles. The third-order valence-corrected chi connectivity index (χ3v) is 4.72. The van der Waals surface area contributed by atoms with Crippen LogP contribution in [-0.4, -0.2) is 25.2 Å². The van der Waals surface area contributed by atoms with Gasteiger partial charge in [-0.3, -0.25) is 0 Å². The topological polar surface area (TPSA) is 63.0 Å². The summed E-state index contributed by atoms with van der Waals surface area (Å²) in [5.41, 5.74) is 2.75. The van der Waals surface area contributed by atoms with Gasteiger partial charge in [0.05, 0.1) is 5.39 Å². The fourth-order valence-electron chi connectivity index (χ4n) is 3.20. The van der Waals surface area contributed by atoms with E-state index in [0.717, 1.165) is 11.8 Å². The lowest BCUT2D eigenvalue weighted by atomic mass is 9.92. The first-order valence-corrected chi connectivity index (χ1v) is 9.15. The van der Waals surface area contributed by atoms with Gasteiger partial charge in [-0.05, 0) is 63.8 Å². The normalized spacial score (nSPS) is 12.1. The highest BCUT2D eigenvalue weighted by Crippen LogP contribution is 2.34. The van der Waals surface area contributed by atoms with Crippen LogP contribution in [0.4, 0.5) is 5.82 Å². The van der Waals surface area contributed by atoms with Gasteiger partial charge in [-0.2, -0.15) is 0 Å². The maximum absolute atomic E-state index is 10.5. The van der Waals surface area contributed by atoms with Crippen molar-refractivity contribution in [2.45, 2.75) is 52.6 Å². The second kappa shape index (κ2) is 6.80. The molecule has 3 aromatic rings. The molecule has 2 N–H and O–H groups in total. The van der Waals surface area contributed by atoms with E-state index in [2.05, 4.69) is 54.3 Å². The Bertz CT molecular complexity index is 946. The monoisotopic (exact) mass is 372 g/mol. The van der Waals surface area contributed by atoms with Gasteiger partial charge in [-0.15, -0.1) is 0 Å². The molecule has 0 spiro atoms. The highest BCUT2D eigenvalue weighted by atomic mass is 35.5. The van der Waals surface area contributed by atoms with Crippen LogP contribution in [0.15, 0.2) is 30.5 Å². The predicted octanol–water partition coefficient (Wildman–Crippen LogP) is 5.11. The van der Waals surface area contributed by atoms with Gasteiger partial charge in [-0.1, -0.05) is 24.3 Å². The Morgan fingerprint density at radius 3 is 2.58 bits per heavy atom. The highest BCUT2D eigenvalue weighted by molar-refractivity contribution is 6.29. The number of hydrogen-bond donors (Lipinski definition) is 2. The number of benzene rings is 1. The second-order valence-electron chi connectivity index (χ2n) is 7.67. The van der Waals surface area contributed by atoms with Crippen molar-refractivity contribution in [2.24, 2.45) is 0 Å². The molecule has 0 aliphatic carbocycles. The molecule has 0 atom stereocenters. The summed E-state index contributed by atoms with van der Waals surface area (Å²) in [6.07, 6.45) is 2.71. The van der Waals surface area contributed by atoms with Gasteiger partial charge in [0.1, 0.15) is 11.3 Å². The second-order valence-corrected chi connectivity index (χ2v) is 8.01. The van der Waals surface area contributed by atoms with E-state index in [9.17, 15) is 5.11 Å². The SMILES string of the molecule is Cc1ccccc1CC(C)(C)Nc1nc(Cl)nc2c(O)n(C(C)C)cc12. The van der Waals surface area contributed by atoms with Gasteiger partial charge in [-0.25, -0.2) is 9.97 Å². The number of aromatic hydroxyl groups is 1. The first kappa shape index (κ1) is 18.5. The summed E-state index contributed by atoms with van der Waals surface area (Å²) < 4.78 is 1.77. The largest absolute Gasteiger partial charge is 0.493 e. The summed E-state index contributed by atoms with van der Waals surface area (Å²) in [6.45, 7) is 10.4. The first-order chi connectivity index (χ1) is 12.2. The molecule has 0 bridgehead atoms. The van der Waals surface area contributed by atoms with Crippen molar-refractivity contribution < 1.29 is 5.11 Å². The molecule has 0 fully saturated rings. The minimum Gasteiger partial charge on any atom is -0.493 e. The quantitative estimate of drug-likeness (QED) is 0.610. The predicted molar refractivity (Wildman–Crippen MR) is 107 cm³/mol. The average Bonchev–Trinajstić information content (AvgIpc) is 2.87. The Morgan fingerprint density at radius 1 is 1.23 bits per heavy atom. The molecular formula is C20H25ClN4O. The number of aromatic nitrogens is 3. The first-order valence-electron chi connectivity index (χ1n) is 8.77. The summed E-state index contributed by atoms with van der Waals surface area (Å²) in [4.78, 5) is 8.59. The minimum absolute atomic E-state index is 0.107. The molecule has 138 valence electrons. The van der Waals surface area contributed by atoms with Crippen molar-refractivity contribution in [2.75, 3.05) is 5.32 Å². The van der Waals surface area contributed by atoms with Crippen molar-refractivity contribution in [1.82, 2.24) is 14.5 Å². The van der Waals surface area contributed by atoms with E-state index in [1.54, 1.807) is 4.57 Å². The third-order valence-electron chi connectivity index (χ3n) is 4.55. The van der Waals surface area contributed by atoms with E-state index in [0.29, 0.717) is 11.3 Å². The van der Waals surface area contributed by atoms with Crippen molar-refractivity contribution in [1.29, 1.82) is 0 Å². The van der Waals surface area contributed by atoms with Gasteiger partial charge in [0, 0.05) is 17.8 Å². The van der Waals surface area contributed by atoms with E-state index < -0.39 is 0 Å². The van der Waals surface area contributed by atoms with E-state index in [1.165, 1.54) is 11.1 Å². The molecule has 0 aliphatic heterocycles. The van der Waals surface area contributed by atoms with Crippen molar-refractivity contribution in [3.63, 3.8) is 0 Å². The Balaban J connectivity index is 1.99. The molecule has 0 unspecified atom stereocenters. The van der Waals surface area contributed by atoms with Gasteiger partial charge in [0.15, 0.2) is 0 Å². The zero-order valence-corrected chi connectivity index (χ0v) is 16.6. The molecule has 3 rings (SSSR count). The number of nitrogens with zero attached hydrogens (tertiary/aromatic N) is 3. The summed E-state index contributed by atoms with van der Waals surface area (Å²) in [7, 11) is 0. The average molecular weight is 373 g/mol. The number of rotatable bonds is 5. The van der Waals surface area contributed by atoms with E-state index in [4.69, 9.17) is 11.6 Å². The summed E-state index contributed by atoms with van der Waals surface area (Å²) in [5.74, 6) is 0.743. The number of hydrogen-bond acceptors (Lipinski definition) is 4. The van der Waals surface area contributed by atoms with Crippen LogP contribution in [0.1, 0.15) is 44.9 Å². The molecule has 26 heavy (non-hydrogen) atoms. The van der Waals surface area contributed by atoms with Crippen LogP contribution in [0.3, 0.4) is 0 Å². The highest BCUT2D eigenvalue weighted by Gasteiger charge is 2.24. The van der Waals surface area contributed by atoms with Crippen LogP contribution >= 0.6 is 11.6 Å². The lowest BCUT2D eigenvalue weighted by Gasteiger charge is -2.28. The van der Waals surface area contributed by atoms with Gasteiger partial charge in [0.2, 0.25) is 11.2 Å². The molecular weight excluding hydrogens is 348 g/mol. The van der Waals surface area contributed by atoms with E-state index >= 15 is 0 Å². The number of fused-ring (bicyclic) bond motifs is 1. The Morgan fingerprint density at radius 2 is 1.92 bits per heavy atom. The smallest absolute Gasteiger partial charge is 0.225 e. The van der Waals surface area contributed by atoms with E-state index in [1.807, 2.05) is 26.1 Å². The van der Waals surface area contributed by atoms with Crippen LogP contribution in [0, 0.1) is 6.92 Å². The third kappa shape index (κ3) is 3.63. The molecule has 6 heteroatoms. The molecule has 0 saturated heterocycles. The standard InChI is InChI=1S/C20H25ClN4O/c1-12(2)25-11-15-16(18(25)26)22-19(21)23-17(15)24-20(4,5)10-14-9-7-6-8-13(14)3/h6-9,11-12,26H,10H2,1-5H3,(H,22,23,24). The number of anilines is 1. The zero-order valence-electron chi connectivity index (χ0n) is 15.8. The summed E-state index contributed by atoms with van der Waals surface area (Å²) >= 11 is 6.12. The molecule has 0 amide bonds. The molecule has 1 aromatic carbocycles.